The minimum atomic E-state index is -4.35. The molecule has 142 valence electrons. The molecule has 0 fully saturated rings. The molecule has 2 aromatic heterocycles. The van der Waals surface area contributed by atoms with Gasteiger partial charge in [-0.25, -0.2) is 4.98 Å². The van der Waals surface area contributed by atoms with Crippen molar-refractivity contribution in [2.45, 2.75) is 13.3 Å². The van der Waals surface area contributed by atoms with Crippen LogP contribution in [-0.4, -0.2) is 24.4 Å². The summed E-state index contributed by atoms with van der Waals surface area (Å²) < 4.78 is 13.5. The molecule has 0 spiro atoms. The van der Waals surface area contributed by atoms with Gasteiger partial charge in [0.05, 0.1) is 11.5 Å². The van der Waals surface area contributed by atoms with Crippen LogP contribution in [0.15, 0.2) is 66.9 Å². The lowest BCUT2D eigenvalue weighted by molar-refractivity contribution is 0.387. The van der Waals surface area contributed by atoms with Gasteiger partial charge in [-0.15, -0.1) is 0 Å². The van der Waals surface area contributed by atoms with Crippen LogP contribution in [0.4, 0.5) is 11.5 Å². The zero-order valence-corrected chi connectivity index (χ0v) is 16.0. The summed E-state index contributed by atoms with van der Waals surface area (Å²) in [5.74, 6) is 0.801. The average molecular weight is 394 g/mol. The van der Waals surface area contributed by atoms with E-state index in [4.69, 9.17) is 0 Å². The number of nitrogens with zero attached hydrogens (tertiary/aromatic N) is 3. The van der Waals surface area contributed by atoms with Crippen molar-refractivity contribution >= 4 is 30.1 Å². The van der Waals surface area contributed by atoms with Crippen LogP contribution >= 0.6 is 7.60 Å². The molecule has 0 saturated heterocycles. The smallest absolute Gasteiger partial charge is 0.340 e. The molecule has 28 heavy (non-hydrogen) atoms. The molecule has 0 radical (unpaired) electrons. The summed E-state index contributed by atoms with van der Waals surface area (Å²) in [4.78, 5) is 23.7. The SMILES string of the molecule is CCc1cc(Nc2ccc(-c3ccccc3P(=O)(O)O)cc2)n2nccc2n1. The van der Waals surface area contributed by atoms with Crippen molar-refractivity contribution in [1.82, 2.24) is 14.6 Å². The Kier molecular flexibility index (Phi) is 4.73. The zero-order valence-electron chi connectivity index (χ0n) is 15.1. The van der Waals surface area contributed by atoms with Crippen LogP contribution in [0.25, 0.3) is 16.8 Å². The number of hydrogen-bond donors (Lipinski definition) is 3. The summed E-state index contributed by atoms with van der Waals surface area (Å²) in [5, 5.41) is 7.66. The number of nitrogens with one attached hydrogen (secondary N) is 1. The Labute approximate surface area is 161 Å². The summed E-state index contributed by atoms with van der Waals surface area (Å²) in [5.41, 5.74) is 3.82. The summed E-state index contributed by atoms with van der Waals surface area (Å²) in [6.07, 6.45) is 2.52. The molecule has 2 heterocycles. The maximum atomic E-state index is 11.8. The third kappa shape index (κ3) is 3.55. The van der Waals surface area contributed by atoms with E-state index in [-0.39, 0.29) is 5.30 Å². The molecule has 8 heteroatoms. The third-order valence-corrected chi connectivity index (χ3v) is 5.48. The lowest BCUT2D eigenvalue weighted by Crippen LogP contribution is -2.07. The number of rotatable bonds is 5. The molecule has 0 amide bonds. The first-order valence-electron chi connectivity index (χ1n) is 8.82. The average Bonchev–Trinajstić information content (AvgIpc) is 3.17. The van der Waals surface area contributed by atoms with Gasteiger partial charge in [-0.3, -0.25) is 4.57 Å². The molecule has 4 aromatic rings. The minimum absolute atomic E-state index is 0.0238. The Morgan fingerprint density at radius 3 is 2.54 bits per heavy atom. The van der Waals surface area contributed by atoms with Crippen LogP contribution in [0.1, 0.15) is 12.6 Å². The molecule has 0 saturated carbocycles. The topological polar surface area (TPSA) is 99.8 Å². The Bertz CT molecular complexity index is 1180. The fraction of sp³-hybridized carbons (Fsp3) is 0.100. The molecule has 0 atom stereocenters. The van der Waals surface area contributed by atoms with Crippen molar-refractivity contribution in [2.24, 2.45) is 0 Å². The van der Waals surface area contributed by atoms with Crippen LogP contribution in [0.3, 0.4) is 0 Å². The van der Waals surface area contributed by atoms with E-state index < -0.39 is 7.60 Å². The monoisotopic (exact) mass is 394 g/mol. The van der Waals surface area contributed by atoms with E-state index in [0.29, 0.717) is 5.56 Å². The Morgan fingerprint density at radius 1 is 1.07 bits per heavy atom. The molecular weight excluding hydrogens is 375 g/mol. The van der Waals surface area contributed by atoms with Crippen molar-refractivity contribution in [1.29, 1.82) is 0 Å². The van der Waals surface area contributed by atoms with E-state index in [0.717, 1.165) is 34.8 Å². The van der Waals surface area contributed by atoms with Crippen molar-refractivity contribution in [3.05, 3.63) is 72.6 Å². The van der Waals surface area contributed by atoms with Gasteiger partial charge in [0, 0.05) is 23.5 Å². The van der Waals surface area contributed by atoms with Crippen LogP contribution in [0, 0.1) is 0 Å². The van der Waals surface area contributed by atoms with Crippen molar-refractivity contribution in [3.63, 3.8) is 0 Å². The van der Waals surface area contributed by atoms with E-state index in [1.165, 1.54) is 6.07 Å². The molecule has 0 aliphatic heterocycles. The van der Waals surface area contributed by atoms with Crippen molar-refractivity contribution in [2.75, 3.05) is 5.32 Å². The maximum Gasteiger partial charge on any atom is 0.356 e. The number of anilines is 2. The molecule has 7 nitrogen and oxygen atoms in total. The molecule has 0 aliphatic carbocycles. The van der Waals surface area contributed by atoms with Gasteiger partial charge in [-0.1, -0.05) is 37.3 Å². The van der Waals surface area contributed by atoms with E-state index in [1.807, 2.05) is 43.3 Å². The minimum Gasteiger partial charge on any atom is -0.340 e. The van der Waals surface area contributed by atoms with Gasteiger partial charge in [0.1, 0.15) is 5.82 Å². The number of benzene rings is 2. The summed E-state index contributed by atoms with van der Waals surface area (Å²) in [7, 11) is -4.35. The van der Waals surface area contributed by atoms with Crippen LogP contribution in [0.2, 0.25) is 0 Å². The highest BCUT2D eigenvalue weighted by atomic mass is 31.2. The molecule has 0 aliphatic rings. The second-order valence-corrected chi connectivity index (χ2v) is 7.92. The second kappa shape index (κ2) is 7.20. The van der Waals surface area contributed by atoms with Gasteiger partial charge in [-0.05, 0) is 35.7 Å². The predicted octanol–water partition coefficient (Wildman–Crippen LogP) is 3.51. The summed E-state index contributed by atoms with van der Waals surface area (Å²) in [6.45, 7) is 2.05. The van der Waals surface area contributed by atoms with Gasteiger partial charge in [0.2, 0.25) is 0 Å². The van der Waals surface area contributed by atoms with Crippen molar-refractivity contribution < 1.29 is 14.4 Å². The third-order valence-electron chi connectivity index (χ3n) is 4.46. The predicted molar refractivity (Wildman–Crippen MR) is 109 cm³/mol. The Balaban J connectivity index is 1.67. The lowest BCUT2D eigenvalue weighted by atomic mass is 10.1. The summed E-state index contributed by atoms with van der Waals surface area (Å²) in [6, 6.07) is 17.8. The standard InChI is InChI=1S/C20H19N4O3P/c1-2-15-13-20(24-19(22-15)11-12-21-24)23-16-9-7-14(8-10-16)17-5-3-4-6-18(17)28(25,26)27/h3-13,23H,2H2,1H3,(H2,25,26,27). The molecule has 0 unspecified atom stereocenters. The first-order valence-corrected chi connectivity index (χ1v) is 10.4. The fourth-order valence-corrected chi connectivity index (χ4v) is 3.89. The quantitative estimate of drug-likeness (QED) is 0.448. The largest absolute Gasteiger partial charge is 0.356 e. The Hall–Kier alpha value is -2.99. The van der Waals surface area contributed by atoms with E-state index >= 15 is 0 Å². The number of fused-ring (bicyclic) bond motifs is 1. The maximum absolute atomic E-state index is 11.8. The number of aryl methyl sites for hydroxylation is 1. The normalized spacial score (nSPS) is 11.7. The molecule has 3 N–H and O–H groups in total. The fourth-order valence-electron chi connectivity index (χ4n) is 3.09. The molecule has 4 rings (SSSR count). The zero-order chi connectivity index (χ0) is 19.7. The van der Waals surface area contributed by atoms with Crippen LogP contribution in [0.5, 0.6) is 0 Å². The number of hydrogen-bond acceptors (Lipinski definition) is 4. The summed E-state index contributed by atoms with van der Waals surface area (Å²) >= 11 is 0. The highest BCUT2D eigenvalue weighted by Crippen LogP contribution is 2.38. The first-order chi connectivity index (χ1) is 13.5. The van der Waals surface area contributed by atoms with Gasteiger partial charge in [0.25, 0.3) is 0 Å². The second-order valence-electron chi connectivity index (χ2n) is 6.35. The van der Waals surface area contributed by atoms with Crippen molar-refractivity contribution in [3.8, 4) is 11.1 Å². The van der Waals surface area contributed by atoms with Crippen LogP contribution < -0.4 is 10.6 Å². The highest BCUT2D eigenvalue weighted by Gasteiger charge is 2.21. The highest BCUT2D eigenvalue weighted by molar-refractivity contribution is 7.60. The Morgan fingerprint density at radius 2 is 1.82 bits per heavy atom. The van der Waals surface area contributed by atoms with Gasteiger partial charge in [0.15, 0.2) is 5.65 Å². The van der Waals surface area contributed by atoms with Gasteiger partial charge in [-0.2, -0.15) is 9.61 Å². The molecule has 2 aromatic carbocycles. The lowest BCUT2D eigenvalue weighted by Gasteiger charge is -2.13. The van der Waals surface area contributed by atoms with E-state index in [2.05, 4.69) is 15.4 Å². The van der Waals surface area contributed by atoms with Crippen LogP contribution in [-0.2, 0) is 11.0 Å². The van der Waals surface area contributed by atoms with E-state index in [9.17, 15) is 14.4 Å². The van der Waals surface area contributed by atoms with Gasteiger partial charge >= 0.3 is 7.60 Å². The van der Waals surface area contributed by atoms with Gasteiger partial charge < -0.3 is 15.1 Å². The molecule has 0 bridgehead atoms. The number of aromatic nitrogens is 3. The van der Waals surface area contributed by atoms with E-state index in [1.54, 1.807) is 28.9 Å². The first kappa shape index (κ1) is 18.4. The molecular formula is C20H19N4O3P.